The third-order valence-corrected chi connectivity index (χ3v) is 11.3. The largest absolute Gasteiger partial charge is 0.481 e. The molecule has 0 aliphatic carbocycles. The highest BCUT2D eigenvalue weighted by Crippen LogP contribution is 2.16. The lowest BCUT2D eigenvalue weighted by Crippen LogP contribution is -2.43. The van der Waals surface area contributed by atoms with E-state index in [1.165, 1.54) is 212 Å². The second-order valence-electron chi connectivity index (χ2n) is 16.7. The molecule has 0 fully saturated rings. The van der Waals surface area contributed by atoms with Crippen molar-refractivity contribution in [1.29, 1.82) is 0 Å². The minimum atomic E-state index is -0.658. The Hall–Kier alpha value is -1.14. The summed E-state index contributed by atoms with van der Waals surface area (Å²) < 4.78 is 5.38. The number of carboxylic acids is 1. The fourth-order valence-corrected chi connectivity index (χ4v) is 7.61. The number of aliphatic carboxylic acids is 1. The third-order valence-electron chi connectivity index (χ3n) is 11.3. The van der Waals surface area contributed by atoms with E-state index >= 15 is 0 Å². The van der Waals surface area contributed by atoms with Gasteiger partial charge in [0, 0.05) is 24.9 Å². The van der Waals surface area contributed by atoms with Crippen LogP contribution in [0.2, 0.25) is 0 Å². The highest BCUT2D eigenvalue weighted by Gasteiger charge is 2.12. The molecule has 0 aromatic carbocycles. The molecule has 0 amide bonds. The molecule has 316 valence electrons. The zero-order valence-electron chi connectivity index (χ0n) is 35.9. The predicted octanol–water partition coefficient (Wildman–Crippen LogP) is 14.2. The van der Waals surface area contributed by atoms with Crippen LogP contribution in [0.3, 0.4) is 0 Å². The molecule has 0 saturated heterocycles. The van der Waals surface area contributed by atoms with Gasteiger partial charge in [-0.1, -0.05) is 212 Å². The Kier molecular flexibility index (Phi) is 42.6. The van der Waals surface area contributed by atoms with Crippen molar-refractivity contribution in [3.63, 3.8) is 0 Å². The molecule has 6 heteroatoms. The molecule has 4 N–H and O–H groups in total. The minimum absolute atomic E-state index is 0.00954. The molecular weight excluding hydrogens is 657 g/mol. The highest BCUT2D eigenvalue weighted by molar-refractivity contribution is 5.69. The predicted molar refractivity (Wildman–Crippen MR) is 230 cm³/mol. The molecular formula is C47H94N2O4. The van der Waals surface area contributed by atoms with E-state index in [2.05, 4.69) is 19.2 Å². The molecule has 0 saturated carbocycles. The lowest BCUT2D eigenvalue weighted by Gasteiger charge is -2.22. The van der Waals surface area contributed by atoms with Gasteiger partial charge in [-0.05, 0) is 45.6 Å². The maximum absolute atomic E-state index is 11.9. The van der Waals surface area contributed by atoms with Crippen LogP contribution in [0.4, 0.5) is 0 Å². The van der Waals surface area contributed by atoms with Crippen molar-refractivity contribution in [1.82, 2.24) is 5.32 Å². The lowest BCUT2D eigenvalue weighted by molar-refractivity contribution is -0.144. The van der Waals surface area contributed by atoms with Gasteiger partial charge in [-0.25, -0.2) is 0 Å². The summed E-state index contributed by atoms with van der Waals surface area (Å²) in [6.45, 7) is 6.14. The quantitative estimate of drug-likeness (QED) is 0.0423. The van der Waals surface area contributed by atoms with E-state index in [0.717, 1.165) is 32.2 Å². The van der Waals surface area contributed by atoms with Gasteiger partial charge < -0.3 is 20.9 Å². The van der Waals surface area contributed by atoms with Crippen LogP contribution >= 0.6 is 0 Å². The molecule has 0 spiro atoms. The van der Waals surface area contributed by atoms with Crippen LogP contribution in [0.25, 0.3) is 0 Å². The summed E-state index contributed by atoms with van der Waals surface area (Å²) in [6, 6.07) is 0.698. The van der Waals surface area contributed by atoms with E-state index in [-0.39, 0.29) is 12.0 Å². The maximum Gasteiger partial charge on any atom is 0.305 e. The van der Waals surface area contributed by atoms with Crippen LogP contribution in [0.5, 0.6) is 0 Å². The number of carbonyl (C=O) groups is 2. The Labute approximate surface area is 331 Å². The summed E-state index contributed by atoms with van der Waals surface area (Å²) in [5, 5.41) is 12.5. The Morgan fingerprint density at radius 3 is 1.23 bits per heavy atom. The summed E-state index contributed by atoms with van der Waals surface area (Å²) >= 11 is 0. The first-order chi connectivity index (χ1) is 26.0. The van der Waals surface area contributed by atoms with Crippen LogP contribution in [0.1, 0.15) is 264 Å². The van der Waals surface area contributed by atoms with Crippen LogP contribution < -0.4 is 11.1 Å². The number of ether oxygens (including phenoxy) is 1. The number of nitrogens with two attached hydrogens (primary N) is 1. The van der Waals surface area contributed by atoms with Crippen molar-refractivity contribution in [2.45, 2.75) is 276 Å². The van der Waals surface area contributed by atoms with E-state index in [1.54, 1.807) is 0 Å². The number of hydrogen-bond acceptors (Lipinski definition) is 5. The molecule has 0 bridgehead atoms. The average Bonchev–Trinajstić information content (AvgIpc) is 3.14. The monoisotopic (exact) mass is 751 g/mol. The molecule has 2 atom stereocenters. The van der Waals surface area contributed by atoms with Crippen molar-refractivity contribution >= 4 is 11.9 Å². The highest BCUT2D eigenvalue weighted by atomic mass is 16.5. The molecule has 0 radical (unpaired) electrons. The van der Waals surface area contributed by atoms with Crippen molar-refractivity contribution in [3.8, 4) is 0 Å². The van der Waals surface area contributed by atoms with E-state index in [9.17, 15) is 9.59 Å². The van der Waals surface area contributed by atoms with Gasteiger partial charge in [0.2, 0.25) is 0 Å². The lowest BCUT2D eigenvalue weighted by atomic mass is 10.0. The SMILES string of the molecule is CCCCCCCCOC(=O)CCCCCCCCCCCCCCCCCNC(CCCCCCCCCCCCCCCCCC(=O)O)C(C)N. The van der Waals surface area contributed by atoms with Crippen molar-refractivity contribution < 1.29 is 19.4 Å². The molecule has 2 unspecified atom stereocenters. The van der Waals surface area contributed by atoms with Crippen LogP contribution in [-0.4, -0.2) is 42.3 Å². The number of carboxylic acid groups (broad SMARTS) is 1. The number of nitrogens with one attached hydrogen (secondary N) is 1. The molecule has 0 rings (SSSR count). The number of esters is 1. The first kappa shape index (κ1) is 51.9. The van der Waals surface area contributed by atoms with E-state index in [0.29, 0.717) is 25.5 Å². The Morgan fingerprint density at radius 1 is 0.491 bits per heavy atom. The fraction of sp³-hybridized carbons (Fsp3) is 0.957. The topological polar surface area (TPSA) is 102 Å². The van der Waals surface area contributed by atoms with Gasteiger partial charge in [0.05, 0.1) is 6.61 Å². The van der Waals surface area contributed by atoms with Gasteiger partial charge >= 0.3 is 11.9 Å². The first-order valence-electron chi connectivity index (χ1n) is 23.8. The van der Waals surface area contributed by atoms with E-state index in [1.807, 2.05) is 0 Å². The summed E-state index contributed by atoms with van der Waals surface area (Å²) in [5.74, 6) is -0.649. The fourth-order valence-electron chi connectivity index (χ4n) is 7.61. The summed E-state index contributed by atoms with van der Waals surface area (Å²) in [6.07, 6.45) is 48.8. The standard InChI is InChI=1S/C47H94N2O4/c1-3-4-5-6-33-38-43-53-47(52)41-36-31-27-23-19-15-11-8-12-16-20-24-28-32-37-42-49-45(44(2)48)39-34-29-25-21-17-13-9-7-10-14-18-22-26-30-35-40-46(50)51/h44-45,49H,3-43,48H2,1-2H3,(H,50,51). The second kappa shape index (κ2) is 43.6. The average molecular weight is 751 g/mol. The van der Waals surface area contributed by atoms with Crippen LogP contribution in [0, 0.1) is 0 Å². The molecule has 53 heavy (non-hydrogen) atoms. The molecule has 0 aliphatic rings. The maximum atomic E-state index is 11.9. The second-order valence-corrected chi connectivity index (χ2v) is 16.7. The zero-order chi connectivity index (χ0) is 38.7. The minimum Gasteiger partial charge on any atom is -0.481 e. The molecule has 6 nitrogen and oxygen atoms in total. The van der Waals surface area contributed by atoms with E-state index < -0.39 is 5.97 Å². The first-order valence-corrected chi connectivity index (χ1v) is 23.8. The Morgan fingerprint density at radius 2 is 0.830 bits per heavy atom. The summed E-state index contributed by atoms with van der Waals surface area (Å²) in [7, 11) is 0. The number of hydrogen-bond donors (Lipinski definition) is 3. The summed E-state index contributed by atoms with van der Waals surface area (Å²) in [5.41, 5.74) is 6.33. The van der Waals surface area contributed by atoms with Gasteiger partial charge in [-0.2, -0.15) is 0 Å². The van der Waals surface area contributed by atoms with Gasteiger partial charge in [0.15, 0.2) is 0 Å². The number of carbonyl (C=O) groups excluding carboxylic acids is 1. The van der Waals surface area contributed by atoms with Gasteiger partial charge in [0.25, 0.3) is 0 Å². The van der Waals surface area contributed by atoms with Gasteiger partial charge in [0.1, 0.15) is 0 Å². The van der Waals surface area contributed by atoms with Gasteiger partial charge in [-0.15, -0.1) is 0 Å². The normalized spacial score (nSPS) is 12.7. The van der Waals surface area contributed by atoms with E-state index in [4.69, 9.17) is 15.6 Å². The number of unbranched alkanes of at least 4 members (excludes halogenated alkanes) is 33. The van der Waals surface area contributed by atoms with Crippen LogP contribution in [-0.2, 0) is 14.3 Å². The number of rotatable bonds is 45. The molecule has 0 aromatic rings. The van der Waals surface area contributed by atoms with Crippen molar-refractivity contribution in [2.75, 3.05) is 13.2 Å². The van der Waals surface area contributed by atoms with Crippen molar-refractivity contribution in [2.24, 2.45) is 5.73 Å². The Balaban J connectivity index is 3.37. The molecule has 0 aromatic heterocycles. The Bertz CT molecular complexity index is 746. The van der Waals surface area contributed by atoms with Gasteiger partial charge in [-0.3, -0.25) is 9.59 Å². The smallest absolute Gasteiger partial charge is 0.305 e. The van der Waals surface area contributed by atoms with Crippen LogP contribution in [0.15, 0.2) is 0 Å². The van der Waals surface area contributed by atoms with Crippen molar-refractivity contribution in [3.05, 3.63) is 0 Å². The third kappa shape index (κ3) is 43.5. The molecule has 0 heterocycles. The zero-order valence-corrected chi connectivity index (χ0v) is 35.9. The molecule has 0 aliphatic heterocycles. The summed E-state index contributed by atoms with van der Waals surface area (Å²) in [4.78, 5) is 22.4.